The van der Waals surface area contributed by atoms with Gasteiger partial charge >= 0.3 is 0 Å². The molecule has 1 aliphatic heterocycles. The lowest BCUT2D eigenvalue weighted by molar-refractivity contribution is -0.123. The maximum Gasteiger partial charge on any atom is 0.144 e. The molecule has 1 fully saturated rings. The smallest absolute Gasteiger partial charge is 0.144 e. The third kappa shape index (κ3) is 1.99. The number of ketones is 1. The molecule has 4 nitrogen and oxygen atoms in total. The Labute approximate surface area is 100.0 Å². The molecule has 0 aliphatic carbocycles. The van der Waals surface area contributed by atoms with E-state index in [-0.39, 0.29) is 11.7 Å². The van der Waals surface area contributed by atoms with E-state index in [4.69, 9.17) is 11.6 Å². The first kappa shape index (κ1) is 11.6. The van der Waals surface area contributed by atoms with Crippen LogP contribution in [0.15, 0.2) is 0 Å². The van der Waals surface area contributed by atoms with Crippen molar-refractivity contribution in [1.29, 1.82) is 0 Å². The Morgan fingerprint density at radius 1 is 1.62 bits per heavy atom. The molecular formula is C11H16ClN3O. The summed E-state index contributed by atoms with van der Waals surface area (Å²) in [4.78, 5) is 11.9. The first-order valence-electron chi connectivity index (χ1n) is 5.57. The predicted octanol–water partition coefficient (Wildman–Crippen LogP) is 0.967. The number of carbonyl (C=O) groups is 1. The maximum absolute atomic E-state index is 11.9. The van der Waals surface area contributed by atoms with Crippen LogP contribution in [0.25, 0.3) is 0 Å². The monoisotopic (exact) mass is 241 g/mol. The summed E-state index contributed by atoms with van der Waals surface area (Å²) in [6, 6.07) is 0. The molecule has 1 aromatic rings. The Bertz CT molecular complexity index is 410. The van der Waals surface area contributed by atoms with E-state index < -0.39 is 0 Å². The lowest BCUT2D eigenvalue weighted by atomic mass is 9.95. The Morgan fingerprint density at radius 2 is 2.31 bits per heavy atom. The predicted molar refractivity (Wildman–Crippen MR) is 62.7 cm³/mol. The Hall–Kier alpha value is -0.870. The van der Waals surface area contributed by atoms with Gasteiger partial charge in [0.1, 0.15) is 5.78 Å². The largest absolute Gasteiger partial charge is 0.315 e. The summed E-state index contributed by atoms with van der Waals surface area (Å²) in [7, 11) is 1.84. The quantitative estimate of drug-likeness (QED) is 0.855. The van der Waals surface area contributed by atoms with Crippen LogP contribution in [0.1, 0.15) is 18.3 Å². The topological polar surface area (TPSA) is 46.9 Å². The van der Waals surface area contributed by atoms with Crippen LogP contribution in [-0.4, -0.2) is 28.7 Å². The molecule has 2 heterocycles. The summed E-state index contributed by atoms with van der Waals surface area (Å²) >= 11 is 6.19. The minimum absolute atomic E-state index is 0.163. The Balaban J connectivity index is 2.13. The molecule has 16 heavy (non-hydrogen) atoms. The van der Waals surface area contributed by atoms with Crippen LogP contribution in [0.2, 0.25) is 5.02 Å². The summed E-state index contributed by atoms with van der Waals surface area (Å²) in [5, 5.41) is 8.06. The lowest BCUT2D eigenvalue weighted by Crippen LogP contribution is -2.47. The van der Waals surface area contributed by atoms with Crippen molar-refractivity contribution < 1.29 is 4.79 Å². The van der Waals surface area contributed by atoms with Gasteiger partial charge in [0.05, 0.1) is 22.8 Å². The normalized spacial score (nSPS) is 16.2. The fraction of sp³-hybridized carbons (Fsp3) is 0.636. The lowest BCUT2D eigenvalue weighted by Gasteiger charge is -2.25. The molecule has 2 rings (SSSR count). The second kappa shape index (κ2) is 4.55. The average Bonchev–Trinajstić information content (AvgIpc) is 2.42. The van der Waals surface area contributed by atoms with Crippen LogP contribution in [0.3, 0.4) is 0 Å². The highest BCUT2D eigenvalue weighted by atomic mass is 35.5. The zero-order chi connectivity index (χ0) is 11.7. The van der Waals surface area contributed by atoms with E-state index >= 15 is 0 Å². The molecule has 0 aromatic carbocycles. The minimum Gasteiger partial charge on any atom is -0.315 e. The summed E-state index contributed by atoms with van der Waals surface area (Å²) in [6.07, 6.45) is 1.19. The SMILES string of the molecule is CCc1nn(C)c(CC(=O)C2CNC2)c1Cl. The number of nitrogens with one attached hydrogen (secondary N) is 1. The van der Waals surface area contributed by atoms with E-state index in [1.165, 1.54) is 0 Å². The summed E-state index contributed by atoms with van der Waals surface area (Å²) in [5.74, 6) is 0.419. The molecule has 0 bridgehead atoms. The van der Waals surface area contributed by atoms with Crippen LogP contribution >= 0.6 is 11.6 Å². The molecule has 0 spiro atoms. The second-order valence-electron chi connectivity index (χ2n) is 4.18. The number of carbonyl (C=O) groups excluding carboxylic acids is 1. The van der Waals surface area contributed by atoms with Crippen molar-refractivity contribution in [2.24, 2.45) is 13.0 Å². The number of Topliss-reactive ketones (excluding diaryl/α,β-unsaturated/α-hetero) is 1. The van der Waals surface area contributed by atoms with Gasteiger partial charge in [-0.3, -0.25) is 9.48 Å². The van der Waals surface area contributed by atoms with Gasteiger partial charge in [0.25, 0.3) is 0 Å². The standard InChI is InChI=1S/C11H16ClN3O/c1-3-8-11(12)9(15(2)14-8)4-10(16)7-5-13-6-7/h7,13H,3-6H2,1-2H3. The molecule has 88 valence electrons. The van der Waals surface area contributed by atoms with E-state index in [1.54, 1.807) is 4.68 Å². The van der Waals surface area contributed by atoms with Crippen molar-refractivity contribution in [3.8, 4) is 0 Å². The van der Waals surface area contributed by atoms with E-state index in [0.29, 0.717) is 11.4 Å². The van der Waals surface area contributed by atoms with Gasteiger partial charge in [0.15, 0.2) is 0 Å². The van der Waals surface area contributed by atoms with E-state index in [0.717, 1.165) is 30.9 Å². The number of hydrogen-bond donors (Lipinski definition) is 1. The Kier molecular flexibility index (Phi) is 3.30. The molecule has 0 radical (unpaired) electrons. The Morgan fingerprint density at radius 3 is 2.75 bits per heavy atom. The van der Waals surface area contributed by atoms with Gasteiger partial charge in [-0.1, -0.05) is 18.5 Å². The van der Waals surface area contributed by atoms with Crippen LogP contribution in [0.4, 0.5) is 0 Å². The maximum atomic E-state index is 11.9. The summed E-state index contributed by atoms with van der Waals surface area (Å²) in [6.45, 7) is 3.61. The van der Waals surface area contributed by atoms with Gasteiger partial charge in [-0.2, -0.15) is 5.10 Å². The molecule has 0 amide bonds. The molecule has 1 N–H and O–H groups in total. The van der Waals surface area contributed by atoms with Gasteiger partial charge in [-0.25, -0.2) is 0 Å². The van der Waals surface area contributed by atoms with Crippen LogP contribution in [0.5, 0.6) is 0 Å². The minimum atomic E-state index is 0.163. The molecule has 1 aliphatic rings. The third-order valence-corrected chi connectivity index (χ3v) is 3.52. The van der Waals surface area contributed by atoms with Crippen molar-refractivity contribution in [3.05, 3.63) is 16.4 Å². The zero-order valence-electron chi connectivity index (χ0n) is 9.59. The summed E-state index contributed by atoms with van der Waals surface area (Å²) < 4.78 is 1.73. The highest BCUT2D eigenvalue weighted by Crippen LogP contribution is 2.22. The second-order valence-corrected chi connectivity index (χ2v) is 4.56. The third-order valence-electron chi connectivity index (χ3n) is 3.08. The number of aromatic nitrogens is 2. The van der Waals surface area contributed by atoms with Crippen molar-refractivity contribution in [3.63, 3.8) is 0 Å². The van der Waals surface area contributed by atoms with Gasteiger partial charge < -0.3 is 5.32 Å². The van der Waals surface area contributed by atoms with Gasteiger partial charge in [0, 0.05) is 26.1 Å². The van der Waals surface area contributed by atoms with Crippen molar-refractivity contribution >= 4 is 17.4 Å². The highest BCUT2D eigenvalue weighted by Gasteiger charge is 2.26. The van der Waals surface area contributed by atoms with Crippen molar-refractivity contribution in [2.75, 3.05) is 13.1 Å². The van der Waals surface area contributed by atoms with E-state index in [9.17, 15) is 4.79 Å². The fourth-order valence-electron chi connectivity index (χ4n) is 1.84. The molecule has 1 aromatic heterocycles. The molecule has 0 atom stereocenters. The fourth-order valence-corrected chi connectivity index (χ4v) is 2.20. The molecule has 0 saturated carbocycles. The number of nitrogens with zero attached hydrogens (tertiary/aromatic N) is 2. The van der Waals surface area contributed by atoms with Crippen LogP contribution < -0.4 is 5.32 Å². The van der Waals surface area contributed by atoms with E-state index in [1.807, 2.05) is 14.0 Å². The van der Waals surface area contributed by atoms with Crippen molar-refractivity contribution in [1.82, 2.24) is 15.1 Å². The van der Waals surface area contributed by atoms with Crippen molar-refractivity contribution in [2.45, 2.75) is 19.8 Å². The highest BCUT2D eigenvalue weighted by molar-refractivity contribution is 6.32. The first-order valence-corrected chi connectivity index (χ1v) is 5.95. The van der Waals surface area contributed by atoms with Gasteiger partial charge in [0.2, 0.25) is 0 Å². The van der Waals surface area contributed by atoms with Gasteiger partial charge in [-0.15, -0.1) is 0 Å². The zero-order valence-corrected chi connectivity index (χ0v) is 10.3. The number of aryl methyl sites for hydroxylation is 2. The van der Waals surface area contributed by atoms with Crippen LogP contribution in [-0.2, 0) is 24.7 Å². The van der Waals surface area contributed by atoms with Gasteiger partial charge in [-0.05, 0) is 6.42 Å². The first-order chi connectivity index (χ1) is 7.63. The number of rotatable bonds is 4. The van der Waals surface area contributed by atoms with E-state index in [2.05, 4.69) is 10.4 Å². The molecular weight excluding hydrogens is 226 g/mol. The number of hydrogen-bond acceptors (Lipinski definition) is 3. The molecule has 0 unspecified atom stereocenters. The average molecular weight is 242 g/mol. The molecule has 1 saturated heterocycles. The molecule has 5 heteroatoms. The number of halogens is 1. The van der Waals surface area contributed by atoms with Crippen LogP contribution in [0, 0.1) is 5.92 Å². The summed E-state index contributed by atoms with van der Waals surface area (Å²) in [5.41, 5.74) is 1.72.